The van der Waals surface area contributed by atoms with Crippen molar-refractivity contribution in [2.45, 2.75) is 70.3 Å². The third kappa shape index (κ3) is 5.20. The zero-order chi connectivity index (χ0) is 15.1. The molecule has 0 aromatic carbocycles. The van der Waals surface area contributed by atoms with E-state index < -0.39 is 10.2 Å². The Morgan fingerprint density at radius 1 is 1.00 bits per heavy atom. The van der Waals surface area contributed by atoms with Gasteiger partial charge in [0.2, 0.25) is 0 Å². The smallest absolute Gasteiger partial charge is 0.279 e. The fourth-order valence-corrected chi connectivity index (χ4v) is 5.20. The first-order chi connectivity index (χ1) is 10.1. The van der Waals surface area contributed by atoms with Crippen LogP contribution in [-0.2, 0) is 10.2 Å². The Hall–Kier alpha value is -0.170. The first-order valence-corrected chi connectivity index (χ1v) is 9.96. The molecule has 0 aromatic heterocycles. The summed E-state index contributed by atoms with van der Waals surface area (Å²) in [6.45, 7) is 1.31. The van der Waals surface area contributed by atoms with Gasteiger partial charge < -0.3 is 5.11 Å². The summed E-state index contributed by atoms with van der Waals surface area (Å²) in [5, 5.41) is 9.27. The van der Waals surface area contributed by atoms with Crippen LogP contribution in [0.1, 0.15) is 64.2 Å². The van der Waals surface area contributed by atoms with Crippen LogP contribution in [0, 0.1) is 5.92 Å². The molecule has 5 nitrogen and oxygen atoms in total. The first-order valence-electron chi connectivity index (χ1n) is 8.52. The van der Waals surface area contributed by atoms with E-state index in [9.17, 15) is 13.5 Å². The summed E-state index contributed by atoms with van der Waals surface area (Å²) in [7, 11) is -3.41. The standard InChI is InChI=1S/C15H30N2O3S/c18-13-10-15(14-8-4-3-5-9-14)16-21(19,20)17-11-6-1-2-7-12-17/h14-16,18H,1-13H2. The van der Waals surface area contributed by atoms with Crippen LogP contribution in [0.5, 0.6) is 0 Å². The summed E-state index contributed by atoms with van der Waals surface area (Å²) >= 11 is 0. The topological polar surface area (TPSA) is 69.6 Å². The summed E-state index contributed by atoms with van der Waals surface area (Å²) in [6.07, 6.45) is 10.4. The van der Waals surface area contributed by atoms with Gasteiger partial charge in [0.05, 0.1) is 0 Å². The van der Waals surface area contributed by atoms with Gasteiger partial charge in [0.15, 0.2) is 0 Å². The normalized spacial score (nSPS) is 24.6. The monoisotopic (exact) mass is 318 g/mol. The van der Waals surface area contributed by atoms with Crippen LogP contribution < -0.4 is 4.72 Å². The minimum atomic E-state index is -3.41. The summed E-state index contributed by atoms with van der Waals surface area (Å²) in [6, 6.07) is -0.108. The predicted molar refractivity (Wildman–Crippen MR) is 84.2 cm³/mol. The van der Waals surface area contributed by atoms with Crippen LogP contribution in [0.4, 0.5) is 0 Å². The summed E-state index contributed by atoms with van der Waals surface area (Å²) in [5.41, 5.74) is 0. The van der Waals surface area contributed by atoms with Crippen molar-refractivity contribution in [3.05, 3.63) is 0 Å². The van der Waals surface area contributed by atoms with Crippen molar-refractivity contribution in [3.8, 4) is 0 Å². The largest absolute Gasteiger partial charge is 0.396 e. The highest BCUT2D eigenvalue weighted by Crippen LogP contribution is 2.28. The Morgan fingerprint density at radius 2 is 1.57 bits per heavy atom. The second-order valence-corrected chi connectivity index (χ2v) is 8.16. The molecule has 0 radical (unpaired) electrons. The molecule has 2 N–H and O–H groups in total. The zero-order valence-corrected chi connectivity index (χ0v) is 13.8. The second-order valence-electron chi connectivity index (χ2n) is 6.45. The molecule has 2 rings (SSSR count). The molecule has 21 heavy (non-hydrogen) atoms. The van der Waals surface area contributed by atoms with Crippen molar-refractivity contribution < 1.29 is 13.5 Å². The molecule has 1 unspecified atom stereocenters. The lowest BCUT2D eigenvalue weighted by molar-refractivity contribution is 0.219. The van der Waals surface area contributed by atoms with E-state index in [1.165, 1.54) is 19.3 Å². The summed E-state index contributed by atoms with van der Waals surface area (Å²) < 4.78 is 29.7. The highest BCUT2D eigenvalue weighted by molar-refractivity contribution is 7.87. The van der Waals surface area contributed by atoms with E-state index in [1.54, 1.807) is 4.31 Å². The van der Waals surface area contributed by atoms with Crippen LogP contribution in [0.3, 0.4) is 0 Å². The first kappa shape index (κ1) is 17.2. The summed E-state index contributed by atoms with van der Waals surface area (Å²) in [5.74, 6) is 0.382. The molecule has 1 heterocycles. The van der Waals surface area contributed by atoms with E-state index in [2.05, 4.69) is 4.72 Å². The fraction of sp³-hybridized carbons (Fsp3) is 1.00. The van der Waals surface area contributed by atoms with Crippen molar-refractivity contribution in [1.29, 1.82) is 0 Å². The molecule has 0 aromatic rings. The van der Waals surface area contributed by atoms with E-state index >= 15 is 0 Å². The molecule has 6 heteroatoms. The molecule has 2 fully saturated rings. The van der Waals surface area contributed by atoms with E-state index in [0.29, 0.717) is 25.4 Å². The Kier molecular flexibility index (Phi) is 6.92. The maximum atomic E-state index is 12.6. The average Bonchev–Trinajstić information content (AvgIpc) is 2.77. The number of aliphatic hydroxyl groups excluding tert-OH is 1. The van der Waals surface area contributed by atoms with Crippen LogP contribution in [0.25, 0.3) is 0 Å². The van der Waals surface area contributed by atoms with Gasteiger partial charge in [-0.25, -0.2) is 0 Å². The van der Waals surface area contributed by atoms with Crippen molar-refractivity contribution in [2.24, 2.45) is 5.92 Å². The molecule has 1 aliphatic carbocycles. The minimum Gasteiger partial charge on any atom is -0.396 e. The van der Waals surface area contributed by atoms with E-state index in [4.69, 9.17) is 0 Å². The third-order valence-electron chi connectivity index (χ3n) is 4.86. The van der Waals surface area contributed by atoms with Gasteiger partial charge >= 0.3 is 0 Å². The molecule has 2 aliphatic rings. The number of rotatable bonds is 6. The van der Waals surface area contributed by atoms with Gasteiger partial charge in [-0.1, -0.05) is 32.1 Å². The molecule has 1 saturated carbocycles. The lowest BCUT2D eigenvalue weighted by atomic mass is 9.83. The lowest BCUT2D eigenvalue weighted by Crippen LogP contribution is -2.49. The molecular formula is C15H30N2O3S. The quantitative estimate of drug-likeness (QED) is 0.787. The highest BCUT2D eigenvalue weighted by Gasteiger charge is 2.30. The number of aliphatic hydroxyl groups is 1. The number of nitrogens with zero attached hydrogens (tertiary/aromatic N) is 1. The van der Waals surface area contributed by atoms with Crippen molar-refractivity contribution >= 4 is 10.2 Å². The van der Waals surface area contributed by atoms with Gasteiger partial charge in [0, 0.05) is 25.7 Å². The van der Waals surface area contributed by atoms with Gasteiger partial charge in [0.1, 0.15) is 0 Å². The third-order valence-corrected chi connectivity index (χ3v) is 6.51. The van der Waals surface area contributed by atoms with E-state index in [0.717, 1.165) is 38.5 Å². The highest BCUT2D eigenvalue weighted by atomic mass is 32.2. The van der Waals surface area contributed by atoms with Crippen molar-refractivity contribution in [2.75, 3.05) is 19.7 Å². The minimum absolute atomic E-state index is 0.0453. The fourth-order valence-electron chi connectivity index (χ4n) is 3.61. The molecule has 1 aliphatic heterocycles. The van der Waals surface area contributed by atoms with Gasteiger partial charge in [0.25, 0.3) is 10.2 Å². The maximum absolute atomic E-state index is 12.6. The maximum Gasteiger partial charge on any atom is 0.279 e. The van der Waals surface area contributed by atoms with Crippen LogP contribution in [0.15, 0.2) is 0 Å². The lowest BCUT2D eigenvalue weighted by Gasteiger charge is -2.32. The van der Waals surface area contributed by atoms with Gasteiger partial charge in [-0.15, -0.1) is 0 Å². The molecule has 0 bridgehead atoms. The van der Waals surface area contributed by atoms with E-state index in [1.807, 2.05) is 0 Å². The second kappa shape index (κ2) is 8.46. The summed E-state index contributed by atoms with van der Waals surface area (Å²) in [4.78, 5) is 0. The van der Waals surface area contributed by atoms with Crippen molar-refractivity contribution in [3.63, 3.8) is 0 Å². The number of nitrogens with one attached hydrogen (secondary N) is 1. The number of hydrogen-bond donors (Lipinski definition) is 2. The molecule has 0 spiro atoms. The SMILES string of the molecule is O=S(=O)(NC(CCO)C1CCCCC1)N1CCCCCC1. The van der Waals surface area contributed by atoms with E-state index in [-0.39, 0.29) is 12.6 Å². The van der Waals surface area contributed by atoms with Crippen molar-refractivity contribution in [1.82, 2.24) is 9.03 Å². The molecule has 0 amide bonds. The van der Waals surface area contributed by atoms with Crippen LogP contribution >= 0.6 is 0 Å². The zero-order valence-electron chi connectivity index (χ0n) is 13.0. The number of hydrogen-bond acceptors (Lipinski definition) is 3. The Balaban J connectivity index is 1.99. The molecule has 1 saturated heterocycles. The average molecular weight is 318 g/mol. The van der Waals surface area contributed by atoms with Gasteiger partial charge in [-0.2, -0.15) is 17.4 Å². The van der Waals surface area contributed by atoms with Gasteiger partial charge in [-0.3, -0.25) is 0 Å². The molecular weight excluding hydrogens is 288 g/mol. The Bertz CT molecular complexity index is 386. The molecule has 1 atom stereocenters. The Labute approximate surface area is 129 Å². The predicted octanol–water partition coefficient (Wildman–Crippen LogP) is 2.03. The molecule has 124 valence electrons. The Morgan fingerprint density at radius 3 is 2.14 bits per heavy atom. The van der Waals surface area contributed by atoms with Crippen LogP contribution in [-0.4, -0.2) is 43.6 Å². The van der Waals surface area contributed by atoms with Crippen LogP contribution in [0.2, 0.25) is 0 Å². The van der Waals surface area contributed by atoms with Gasteiger partial charge in [-0.05, 0) is 38.0 Å².